The maximum atomic E-state index is 12.0. The van der Waals surface area contributed by atoms with Gasteiger partial charge in [-0.3, -0.25) is 29.3 Å². The molecular formula is C94H109Cl3I3N15O12. The fourth-order valence-electron chi connectivity index (χ4n) is 14.7. The van der Waals surface area contributed by atoms with Crippen molar-refractivity contribution in [2.75, 3.05) is 67.2 Å². The molecule has 674 valence electrons. The number of alkyl carbamates (subject to hydrolysis) is 2. The Labute approximate surface area is 797 Å². The monoisotopic (exact) mass is 2130 g/mol. The standard InChI is InChI=1S/C24H29N5O3.C19H21N5O.C15H24N4O2.C10H8INO.2C10H7IO2.C4H8O.CHCl3.CH4/c1-24(2,3)32-23(31)27-17-8-10-29(11-9-17)21-14-26-13-20(28-21)18-7-6-15-4-5-16(22(25)30)12-19(15)18;20-14-5-7-24(8-6-14)18-11-22-10-17(23-18)15-4-3-12-1-2-13(19(21)25)9-16(12)15;1-11-9-16-10-13(17-11)19-7-5-12(6-8-19)18-14(20)21-15(2,3)4;3*11-9-4-3-6-1-2-7(10(12)13)5-8(6)9;1-2-4-5-3-1;2-1(3)4;/h4-5,7,12-14,17H,6,8-11H2,1-3H3,(H2,25,30)(H,27,31);1-2,4,9-11,14H,3,5-8,20H2,(H2,21,25);9-10,12H,5-8H2,1-4H3,(H,18,20);1-2,4-5H,3H2,(H2,12,13);2*1-2,4-5H,3H2,(H,12,13);1-4H2;1H;1H4. The molecule has 9 aliphatic rings. The fraction of sp³-hybridized carbons (Fsp3) is 0.372. The minimum absolute atomic E-state index is 0. The Hall–Kier alpha value is -9.69. The molecule has 0 bridgehead atoms. The number of anilines is 3. The van der Waals surface area contributed by atoms with Crippen LogP contribution in [0.1, 0.15) is 225 Å². The lowest BCUT2D eigenvalue weighted by molar-refractivity contribution is 0.0485. The second kappa shape index (κ2) is 47.6. The van der Waals surface area contributed by atoms with Gasteiger partial charge in [0.05, 0.1) is 59.2 Å². The molecule has 0 spiro atoms. The van der Waals surface area contributed by atoms with Gasteiger partial charge in [0.25, 0.3) is 0 Å². The summed E-state index contributed by atoms with van der Waals surface area (Å²) in [7, 11) is 0. The first-order chi connectivity index (χ1) is 59.9. The first-order valence-corrected chi connectivity index (χ1v) is 45.9. The van der Waals surface area contributed by atoms with Crippen molar-refractivity contribution in [2.45, 2.75) is 173 Å². The van der Waals surface area contributed by atoms with Crippen LogP contribution in [-0.4, -0.2) is 168 Å². The lowest BCUT2D eigenvalue weighted by Crippen LogP contribution is -2.46. The van der Waals surface area contributed by atoms with E-state index in [-0.39, 0.29) is 43.6 Å². The molecule has 8 aromatic rings. The van der Waals surface area contributed by atoms with Crippen molar-refractivity contribution in [3.8, 4) is 0 Å². The number of carbonyl (C=O) groups excluding carboxylic acids is 5. The summed E-state index contributed by atoms with van der Waals surface area (Å²) in [6.45, 7) is 20.2. The highest BCUT2D eigenvalue weighted by molar-refractivity contribution is 14.1. The predicted molar refractivity (Wildman–Crippen MR) is 528 cm³/mol. The molecule has 0 unspecified atom stereocenters. The van der Waals surface area contributed by atoms with Gasteiger partial charge in [0, 0.05) is 115 Å². The van der Waals surface area contributed by atoms with E-state index in [0.29, 0.717) is 27.8 Å². The van der Waals surface area contributed by atoms with Gasteiger partial charge in [0.15, 0.2) is 4.30 Å². The van der Waals surface area contributed by atoms with Gasteiger partial charge < -0.3 is 72.7 Å². The van der Waals surface area contributed by atoms with Crippen molar-refractivity contribution >= 4 is 184 Å². The number of fused-ring (bicyclic) bond motifs is 5. The van der Waals surface area contributed by atoms with Crippen molar-refractivity contribution < 1.29 is 58.0 Å². The molecule has 4 saturated heterocycles. The van der Waals surface area contributed by atoms with Crippen LogP contribution in [0.5, 0.6) is 0 Å². The van der Waals surface area contributed by atoms with Gasteiger partial charge in [0.1, 0.15) is 28.7 Å². The number of halogens is 6. The van der Waals surface area contributed by atoms with Crippen molar-refractivity contribution in [3.63, 3.8) is 0 Å². The number of nitrogens with two attached hydrogens (primary N) is 4. The lowest BCUT2D eigenvalue weighted by atomic mass is 10.0. The average Bonchev–Trinajstić information content (AvgIpc) is 1.66. The molecule has 3 aromatic heterocycles. The SMILES string of the molecule is C.C1CCOC1.CC(C)(C)OC(=O)NC1CCN(c2cncc(C3=CCc4ccc(C(N)=O)cc43)n2)CC1.Cc1cncc(N2CCC(NC(=O)OC(C)(C)C)CC2)n1.ClC(Cl)Cl.NC(=O)c1ccc2c(c1)C(I)=CC2.NC(=O)c1ccc2c(c1)C(c1cncc(N3CCC(N)CC3)n1)=CC2.O=C(O)c1ccc2c(c1)C(I)=CC2.O=C(O)c1ccc2c(c1)C(I)=CC2. The van der Waals surface area contributed by atoms with Crippen LogP contribution in [0.3, 0.4) is 0 Å². The summed E-state index contributed by atoms with van der Waals surface area (Å²) in [6, 6.07) is 27.8. The third-order valence-electron chi connectivity index (χ3n) is 21.1. The van der Waals surface area contributed by atoms with Crippen molar-refractivity contribution in [3.05, 3.63) is 259 Å². The van der Waals surface area contributed by atoms with Gasteiger partial charge in [-0.25, -0.2) is 34.1 Å². The van der Waals surface area contributed by atoms with E-state index in [0.717, 1.165) is 209 Å². The van der Waals surface area contributed by atoms with Crippen LogP contribution in [0.2, 0.25) is 0 Å². The molecule has 127 heavy (non-hydrogen) atoms. The summed E-state index contributed by atoms with van der Waals surface area (Å²) in [4.78, 5) is 113. The molecule has 27 nitrogen and oxygen atoms in total. The van der Waals surface area contributed by atoms with E-state index in [1.54, 1.807) is 79.6 Å². The molecule has 33 heteroatoms. The number of nitrogens with zero attached hydrogens (tertiary/aromatic N) is 9. The van der Waals surface area contributed by atoms with Crippen LogP contribution in [0.4, 0.5) is 27.0 Å². The van der Waals surface area contributed by atoms with Gasteiger partial charge in [-0.1, -0.05) is 103 Å². The Morgan fingerprint density at radius 1 is 0.449 bits per heavy atom. The summed E-state index contributed by atoms with van der Waals surface area (Å²) in [5.41, 5.74) is 39.2. The zero-order chi connectivity index (χ0) is 91.1. The van der Waals surface area contributed by atoms with Crippen molar-refractivity contribution in [2.24, 2.45) is 22.9 Å². The first-order valence-electron chi connectivity index (χ1n) is 41.4. The van der Waals surface area contributed by atoms with Crippen LogP contribution >= 0.6 is 103 Å². The number of hydrogen-bond acceptors (Lipinski definition) is 20. The number of benzene rings is 5. The summed E-state index contributed by atoms with van der Waals surface area (Å²) >= 11 is 21.2. The predicted octanol–water partition coefficient (Wildman–Crippen LogP) is 17.8. The summed E-state index contributed by atoms with van der Waals surface area (Å²) in [6.07, 6.45) is 32.8. The molecular weight excluding hydrogens is 2020 g/mol. The molecule has 4 fully saturated rings. The number of aryl methyl sites for hydroxylation is 1. The number of carboxylic acids is 2. The number of carbonyl (C=O) groups is 7. The van der Waals surface area contributed by atoms with Crippen LogP contribution in [-0.2, 0) is 46.3 Å². The highest BCUT2D eigenvalue weighted by Gasteiger charge is 2.30. The number of hydrogen-bond donors (Lipinski definition) is 8. The molecule has 5 aromatic carbocycles. The Morgan fingerprint density at radius 2 is 0.740 bits per heavy atom. The maximum absolute atomic E-state index is 12.0. The Morgan fingerprint density at radius 3 is 1.05 bits per heavy atom. The number of piperidine rings is 3. The Kier molecular flexibility index (Phi) is 37.9. The van der Waals surface area contributed by atoms with E-state index >= 15 is 0 Å². The van der Waals surface area contributed by atoms with Gasteiger partial charge >= 0.3 is 24.1 Å². The third-order valence-corrected chi connectivity index (χ3v) is 24.2. The number of carboxylic acid groups (broad SMARTS) is 2. The lowest BCUT2D eigenvalue weighted by Gasteiger charge is -2.33. The van der Waals surface area contributed by atoms with Gasteiger partial charge in [-0.2, -0.15) is 0 Å². The number of allylic oxidation sites excluding steroid dienone is 5. The zero-order valence-electron chi connectivity index (χ0n) is 71.2. The normalized spacial score (nSPS) is 15.7. The number of rotatable bonds is 12. The maximum Gasteiger partial charge on any atom is 0.407 e. The van der Waals surface area contributed by atoms with Crippen molar-refractivity contribution in [1.29, 1.82) is 0 Å². The minimum Gasteiger partial charge on any atom is -0.478 e. The molecule has 12 N–H and O–H groups in total. The van der Waals surface area contributed by atoms with Gasteiger partial charge in [-0.05, 0) is 316 Å². The van der Waals surface area contributed by atoms with E-state index in [1.165, 1.54) is 38.7 Å². The Bertz CT molecular complexity index is 5240. The number of amides is 5. The van der Waals surface area contributed by atoms with E-state index in [2.05, 4.69) is 143 Å². The Balaban J connectivity index is 0.000000173. The second-order valence-electron chi connectivity index (χ2n) is 32.7. The number of ether oxygens (including phenoxy) is 3. The average molecular weight is 2130 g/mol. The fourth-order valence-corrected chi connectivity index (χ4v) is 16.9. The molecule has 0 saturated carbocycles. The highest BCUT2D eigenvalue weighted by atomic mass is 127. The largest absolute Gasteiger partial charge is 0.478 e. The molecule has 17 rings (SSSR count). The van der Waals surface area contributed by atoms with Crippen molar-refractivity contribution in [1.82, 2.24) is 40.5 Å². The smallest absolute Gasteiger partial charge is 0.407 e. The topological polar surface area (TPSA) is 403 Å². The second-order valence-corrected chi connectivity index (χ2v) is 38.2. The van der Waals surface area contributed by atoms with E-state index in [1.807, 2.05) is 97.0 Å². The number of alkyl halides is 3. The molecule has 5 aliphatic carbocycles. The van der Waals surface area contributed by atoms with E-state index in [4.69, 9.17) is 92.1 Å². The van der Waals surface area contributed by atoms with E-state index in [9.17, 15) is 33.6 Å². The van der Waals surface area contributed by atoms with Crippen LogP contribution in [0.15, 0.2) is 159 Å². The van der Waals surface area contributed by atoms with Crippen LogP contribution in [0, 0.1) is 6.92 Å². The zero-order valence-corrected chi connectivity index (χ0v) is 80.0. The number of aromatic carboxylic acids is 2. The highest BCUT2D eigenvalue weighted by Crippen LogP contribution is 2.38. The molecule has 0 radical (unpaired) electrons. The minimum atomic E-state index is -0.862. The van der Waals surface area contributed by atoms with E-state index < -0.39 is 39.3 Å². The first kappa shape index (κ1) is 101. The number of aromatic nitrogens is 6. The third kappa shape index (κ3) is 30.5. The van der Waals surface area contributed by atoms with Gasteiger partial charge in [-0.15, -0.1) is 0 Å². The molecule has 7 heterocycles. The molecule has 5 amide bonds. The molecule has 4 aliphatic heterocycles. The van der Waals surface area contributed by atoms with Gasteiger partial charge in [0.2, 0.25) is 17.7 Å². The van der Waals surface area contributed by atoms with Crippen LogP contribution in [0.25, 0.3) is 21.9 Å². The summed E-state index contributed by atoms with van der Waals surface area (Å²) in [5.74, 6) is -0.355. The summed E-state index contributed by atoms with van der Waals surface area (Å²) in [5, 5.41) is 23.5. The quantitative estimate of drug-likeness (QED) is 0.0416. The van der Waals surface area contributed by atoms with Crippen LogP contribution < -0.4 is 48.3 Å². The summed E-state index contributed by atoms with van der Waals surface area (Å²) < 4.78 is 18.3. The molecule has 0 atom stereocenters. The number of primary amides is 3. The number of nitrogens with one attached hydrogen (secondary N) is 2.